The molecule has 0 bridgehead atoms. The van der Waals surface area contributed by atoms with Crippen LogP contribution in [0.2, 0.25) is 0 Å². The fourth-order valence-electron chi connectivity index (χ4n) is 1.55. The maximum Gasteiger partial charge on any atom is 0.221 e. The first-order valence-corrected chi connectivity index (χ1v) is 5.65. The summed E-state index contributed by atoms with van der Waals surface area (Å²) >= 11 is 0. The lowest BCUT2D eigenvalue weighted by Crippen LogP contribution is -1.95. The highest BCUT2D eigenvalue weighted by atomic mass is 16.5. The summed E-state index contributed by atoms with van der Waals surface area (Å²) in [6.07, 6.45) is 1.69. The Bertz CT molecular complexity index is 568. The van der Waals surface area contributed by atoms with Crippen LogP contribution in [0.3, 0.4) is 0 Å². The molecule has 94 valence electrons. The molecule has 1 aromatic carbocycles. The molecule has 0 amide bonds. The summed E-state index contributed by atoms with van der Waals surface area (Å²) in [5, 5.41) is 0. The van der Waals surface area contributed by atoms with Gasteiger partial charge in [-0.05, 0) is 37.1 Å². The van der Waals surface area contributed by atoms with Crippen molar-refractivity contribution in [2.45, 2.75) is 13.8 Å². The third kappa shape index (κ3) is 2.53. The van der Waals surface area contributed by atoms with Crippen molar-refractivity contribution in [2.24, 2.45) is 0 Å². The van der Waals surface area contributed by atoms with E-state index in [9.17, 15) is 0 Å². The van der Waals surface area contributed by atoms with Gasteiger partial charge in [0.2, 0.25) is 5.88 Å². The van der Waals surface area contributed by atoms with E-state index in [-0.39, 0.29) is 0 Å². The molecule has 4 nitrogen and oxygen atoms in total. The lowest BCUT2D eigenvalue weighted by atomic mass is 10.2. The summed E-state index contributed by atoms with van der Waals surface area (Å²) in [7, 11) is 1.61. The number of aromatic nitrogens is 1. The van der Waals surface area contributed by atoms with E-state index in [4.69, 9.17) is 15.2 Å². The smallest absolute Gasteiger partial charge is 0.221 e. The van der Waals surface area contributed by atoms with Gasteiger partial charge in [-0.25, -0.2) is 4.98 Å². The van der Waals surface area contributed by atoms with E-state index >= 15 is 0 Å². The minimum atomic E-state index is 0.459. The summed E-state index contributed by atoms with van der Waals surface area (Å²) in [6, 6.07) is 7.42. The molecule has 0 saturated carbocycles. The molecule has 0 saturated heterocycles. The molecule has 0 unspecified atom stereocenters. The number of hydrogen-bond acceptors (Lipinski definition) is 4. The predicted molar refractivity (Wildman–Crippen MR) is 71.2 cm³/mol. The second-order valence-corrected chi connectivity index (χ2v) is 4.14. The van der Waals surface area contributed by atoms with Crippen LogP contribution in [-0.2, 0) is 0 Å². The van der Waals surface area contributed by atoms with Crippen molar-refractivity contribution >= 4 is 5.69 Å². The molecule has 0 fully saturated rings. The van der Waals surface area contributed by atoms with Crippen molar-refractivity contribution in [3.05, 3.63) is 41.6 Å². The van der Waals surface area contributed by atoms with Gasteiger partial charge in [-0.2, -0.15) is 0 Å². The molecule has 0 radical (unpaired) electrons. The maximum absolute atomic E-state index is 5.82. The normalized spacial score (nSPS) is 10.2. The third-order valence-electron chi connectivity index (χ3n) is 2.65. The van der Waals surface area contributed by atoms with E-state index in [1.54, 1.807) is 19.4 Å². The van der Waals surface area contributed by atoms with Crippen molar-refractivity contribution in [1.29, 1.82) is 0 Å². The summed E-state index contributed by atoms with van der Waals surface area (Å²) in [5.41, 5.74) is 8.51. The van der Waals surface area contributed by atoms with Crippen LogP contribution in [0.1, 0.15) is 11.1 Å². The fourth-order valence-corrected chi connectivity index (χ4v) is 1.55. The van der Waals surface area contributed by atoms with Gasteiger partial charge < -0.3 is 15.2 Å². The Morgan fingerprint density at radius 2 is 1.89 bits per heavy atom. The summed E-state index contributed by atoms with van der Waals surface area (Å²) < 4.78 is 10.9. The number of anilines is 1. The van der Waals surface area contributed by atoms with Gasteiger partial charge in [0, 0.05) is 18.0 Å². The molecule has 2 aromatic rings. The fraction of sp³-hybridized carbons (Fsp3) is 0.214. The predicted octanol–water partition coefficient (Wildman–Crippen LogP) is 3.08. The first kappa shape index (κ1) is 12.2. The topological polar surface area (TPSA) is 57.4 Å². The molecular formula is C14H16N2O2. The van der Waals surface area contributed by atoms with E-state index in [1.807, 2.05) is 32.0 Å². The number of hydrogen-bond donors (Lipinski definition) is 1. The van der Waals surface area contributed by atoms with Crippen LogP contribution in [0.5, 0.6) is 17.4 Å². The minimum Gasteiger partial charge on any atom is -0.493 e. The summed E-state index contributed by atoms with van der Waals surface area (Å²) in [5.74, 6) is 1.76. The molecule has 1 heterocycles. The van der Waals surface area contributed by atoms with E-state index < -0.39 is 0 Å². The van der Waals surface area contributed by atoms with Crippen molar-refractivity contribution < 1.29 is 9.47 Å². The van der Waals surface area contributed by atoms with Gasteiger partial charge in [0.1, 0.15) is 0 Å². The molecule has 0 spiro atoms. The highest BCUT2D eigenvalue weighted by molar-refractivity contribution is 5.49. The number of benzene rings is 1. The first-order chi connectivity index (χ1) is 8.60. The number of methoxy groups -OCH3 is 1. The van der Waals surface area contributed by atoms with Crippen LogP contribution in [0.25, 0.3) is 0 Å². The standard InChI is InChI=1S/C14H16N2O2/c1-9-4-5-12(13(6-9)17-3)18-14-7-11(15)10(2)8-16-14/h4-8H,1-3H3,(H2,15,16). The number of aryl methyl sites for hydroxylation is 2. The molecule has 2 rings (SSSR count). The highest BCUT2D eigenvalue weighted by Gasteiger charge is 2.07. The Hall–Kier alpha value is -2.23. The number of nitrogens with zero attached hydrogens (tertiary/aromatic N) is 1. The second-order valence-electron chi connectivity index (χ2n) is 4.14. The Morgan fingerprint density at radius 1 is 1.11 bits per heavy atom. The number of nitrogen functional groups attached to an aromatic ring is 1. The molecular weight excluding hydrogens is 228 g/mol. The van der Waals surface area contributed by atoms with Gasteiger partial charge in [-0.15, -0.1) is 0 Å². The van der Waals surface area contributed by atoms with Crippen LogP contribution in [-0.4, -0.2) is 12.1 Å². The van der Waals surface area contributed by atoms with Gasteiger partial charge in [-0.3, -0.25) is 0 Å². The molecule has 2 N–H and O–H groups in total. The van der Waals surface area contributed by atoms with Gasteiger partial charge in [0.25, 0.3) is 0 Å². The van der Waals surface area contributed by atoms with Crippen LogP contribution < -0.4 is 15.2 Å². The van der Waals surface area contributed by atoms with E-state index in [2.05, 4.69) is 4.98 Å². The summed E-state index contributed by atoms with van der Waals surface area (Å²) in [4.78, 5) is 4.17. The van der Waals surface area contributed by atoms with Gasteiger partial charge >= 0.3 is 0 Å². The number of pyridine rings is 1. The van der Waals surface area contributed by atoms with E-state index in [0.29, 0.717) is 23.1 Å². The quantitative estimate of drug-likeness (QED) is 0.901. The lowest BCUT2D eigenvalue weighted by Gasteiger charge is -2.11. The minimum absolute atomic E-state index is 0.459. The van der Waals surface area contributed by atoms with Crippen LogP contribution >= 0.6 is 0 Å². The van der Waals surface area contributed by atoms with E-state index in [1.165, 1.54) is 0 Å². The van der Waals surface area contributed by atoms with Crippen molar-refractivity contribution in [1.82, 2.24) is 4.98 Å². The largest absolute Gasteiger partial charge is 0.493 e. The van der Waals surface area contributed by atoms with Crippen LogP contribution in [0, 0.1) is 13.8 Å². The highest BCUT2D eigenvalue weighted by Crippen LogP contribution is 2.32. The molecule has 1 aromatic heterocycles. The Kier molecular flexibility index (Phi) is 3.37. The van der Waals surface area contributed by atoms with Gasteiger partial charge in [-0.1, -0.05) is 6.07 Å². The molecule has 0 aliphatic carbocycles. The lowest BCUT2D eigenvalue weighted by molar-refractivity contribution is 0.374. The zero-order valence-corrected chi connectivity index (χ0v) is 10.7. The maximum atomic E-state index is 5.82. The number of ether oxygens (including phenoxy) is 2. The second kappa shape index (κ2) is 4.96. The zero-order chi connectivity index (χ0) is 13.1. The van der Waals surface area contributed by atoms with E-state index in [0.717, 1.165) is 11.1 Å². The number of nitrogens with two attached hydrogens (primary N) is 1. The number of rotatable bonds is 3. The monoisotopic (exact) mass is 244 g/mol. The summed E-state index contributed by atoms with van der Waals surface area (Å²) in [6.45, 7) is 3.90. The van der Waals surface area contributed by atoms with Crippen molar-refractivity contribution in [2.75, 3.05) is 12.8 Å². The average molecular weight is 244 g/mol. The first-order valence-electron chi connectivity index (χ1n) is 5.65. The zero-order valence-electron chi connectivity index (χ0n) is 10.7. The van der Waals surface area contributed by atoms with Crippen molar-refractivity contribution in [3.63, 3.8) is 0 Å². The molecule has 18 heavy (non-hydrogen) atoms. The third-order valence-corrected chi connectivity index (χ3v) is 2.65. The van der Waals surface area contributed by atoms with Crippen molar-refractivity contribution in [3.8, 4) is 17.4 Å². The molecule has 4 heteroatoms. The molecule has 0 aliphatic rings. The van der Waals surface area contributed by atoms with Gasteiger partial charge in [0.05, 0.1) is 7.11 Å². The average Bonchev–Trinajstić information content (AvgIpc) is 2.36. The SMILES string of the molecule is COc1cc(C)ccc1Oc1cc(N)c(C)cn1. The Balaban J connectivity index is 2.30. The van der Waals surface area contributed by atoms with Crippen LogP contribution in [0.15, 0.2) is 30.5 Å². The van der Waals surface area contributed by atoms with Crippen LogP contribution in [0.4, 0.5) is 5.69 Å². The van der Waals surface area contributed by atoms with Gasteiger partial charge in [0.15, 0.2) is 11.5 Å². The Labute approximate surface area is 106 Å². The molecule has 0 atom stereocenters. The Morgan fingerprint density at radius 3 is 2.56 bits per heavy atom. The molecule has 0 aliphatic heterocycles.